The number of nitrogens with zero attached hydrogens (tertiary/aromatic N) is 4. The molecule has 0 aliphatic heterocycles. The molecule has 28 heavy (non-hydrogen) atoms. The molecule has 0 aliphatic rings. The van der Waals surface area contributed by atoms with Crippen LogP contribution >= 0.6 is 0 Å². The highest BCUT2D eigenvalue weighted by Gasteiger charge is 2.14. The van der Waals surface area contributed by atoms with Gasteiger partial charge in [-0.3, -0.25) is 9.20 Å². The zero-order valence-corrected chi connectivity index (χ0v) is 15.8. The van der Waals surface area contributed by atoms with Crippen molar-refractivity contribution in [2.45, 2.75) is 19.4 Å². The van der Waals surface area contributed by atoms with E-state index in [2.05, 4.69) is 20.1 Å². The van der Waals surface area contributed by atoms with E-state index in [1.807, 2.05) is 59.3 Å². The number of hydrogen-bond donors (Lipinski definition) is 1. The number of carbonyl (C=O) groups excluding carboxylic acids is 1. The smallest absolute Gasteiger partial charge is 0.253 e. The van der Waals surface area contributed by atoms with Crippen molar-refractivity contribution in [2.24, 2.45) is 0 Å². The predicted octanol–water partition coefficient (Wildman–Crippen LogP) is 2.69. The Labute approximate surface area is 162 Å². The summed E-state index contributed by atoms with van der Waals surface area (Å²) in [4.78, 5) is 12.7. The molecule has 0 aliphatic carbocycles. The van der Waals surface area contributed by atoms with Crippen LogP contribution in [0.5, 0.6) is 0 Å². The topological polar surface area (TPSA) is 73.4 Å². The van der Waals surface area contributed by atoms with E-state index < -0.39 is 0 Å². The van der Waals surface area contributed by atoms with Crippen molar-refractivity contribution in [3.8, 4) is 0 Å². The minimum atomic E-state index is -0.0570. The van der Waals surface area contributed by atoms with Crippen molar-refractivity contribution in [3.05, 3.63) is 66.2 Å². The number of amides is 1. The number of fused-ring (bicyclic) bond motifs is 2. The van der Waals surface area contributed by atoms with Crippen LogP contribution in [0.15, 0.2) is 54.9 Å². The minimum absolute atomic E-state index is 0.0570. The van der Waals surface area contributed by atoms with Crippen molar-refractivity contribution in [2.75, 3.05) is 20.3 Å². The Kier molecular flexibility index (Phi) is 5.34. The van der Waals surface area contributed by atoms with E-state index in [0.29, 0.717) is 25.3 Å². The van der Waals surface area contributed by atoms with Gasteiger partial charge in [0.25, 0.3) is 5.91 Å². The molecule has 3 heterocycles. The quantitative estimate of drug-likeness (QED) is 0.479. The summed E-state index contributed by atoms with van der Waals surface area (Å²) in [6, 6.07) is 13.8. The number of benzene rings is 1. The Hall–Kier alpha value is -3.19. The van der Waals surface area contributed by atoms with Crippen LogP contribution in [-0.4, -0.2) is 45.3 Å². The van der Waals surface area contributed by atoms with Gasteiger partial charge in [-0.25, -0.2) is 0 Å². The van der Waals surface area contributed by atoms with Gasteiger partial charge in [0.1, 0.15) is 5.82 Å². The van der Waals surface area contributed by atoms with Gasteiger partial charge in [-0.15, -0.1) is 10.2 Å². The lowest BCUT2D eigenvalue weighted by Gasteiger charge is -2.04. The summed E-state index contributed by atoms with van der Waals surface area (Å²) in [5, 5.41) is 12.4. The maximum absolute atomic E-state index is 12.7. The molecule has 0 radical (unpaired) electrons. The molecule has 3 aromatic heterocycles. The molecule has 0 atom stereocenters. The van der Waals surface area contributed by atoms with Crippen molar-refractivity contribution in [1.29, 1.82) is 0 Å². The van der Waals surface area contributed by atoms with Gasteiger partial charge in [0.05, 0.1) is 12.2 Å². The Balaban J connectivity index is 1.40. The maximum Gasteiger partial charge on any atom is 0.253 e. The summed E-state index contributed by atoms with van der Waals surface area (Å²) in [5.41, 5.74) is 2.57. The average Bonchev–Trinajstić information content (AvgIpc) is 3.31. The van der Waals surface area contributed by atoms with Gasteiger partial charge in [0, 0.05) is 49.9 Å². The van der Waals surface area contributed by atoms with Crippen LogP contribution in [0.3, 0.4) is 0 Å². The third-order valence-corrected chi connectivity index (χ3v) is 4.82. The number of hydrogen-bond acceptors (Lipinski definition) is 4. The van der Waals surface area contributed by atoms with Crippen LogP contribution in [0.1, 0.15) is 22.6 Å². The summed E-state index contributed by atoms with van der Waals surface area (Å²) in [5.74, 6) is 0.847. The van der Waals surface area contributed by atoms with E-state index in [9.17, 15) is 4.79 Å². The molecule has 0 saturated carbocycles. The molecule has 7 nitrogen and oxygen atoms in total. The highest BCUT2D eigenvalue weighted by Crippen LogP contribution is 2.21. The summed E-state index contributed by atoms with van der Waals surface area (Å²) in [7, 11) is 1.68. The summed E-state index contributed by atoms with van der Waals surface area (Å²) >= 11 is 0. The molecule has 144 valence electrons. The summed E-state index contributed by atoms with van der Waals surface area (Å²) in [6.07, 6.45) is 5.41. The van der Waals surface area contributed by atoms with Gasteiger partial charge in [-0.2, -0.15) is 0 Å². The van der Waals surface area contributed by atoms with Gasteiger partial charge in [-0.05, 0) is 24.6 Å². The molecule has 0 bridgehead atoms. The molecule has 1 amide bonds. The van der Waals surface area contributed by atoms with E-state index in [0.717, 1.165) is 35.2 Å². The fraction of sp³-hybridized carbons (Fsp3) is 0.286. The Morgan fingerprint density at radius 2 is 2.00 bits per heavy atom. The number of rotatable bonds is 8. The van der Waals surface area contributed by atoms with Gasteiger partial charge in [0.2, 0.25) is 0 Å². The number of methoxy groups -OCH3 is 1. The van der Waals surface area contributed by atoms with E-state index in [4.69, 9.17) is 4.74 Å². The maximum atomic E-state index is 12.7. The summed E-state index contributed by atoms with van der Waals surface area (Å²) in [6.45, 7) is 1.90. The third-order valence-electron chi connectivity index (χ3n) is 4.82. The second-order valence-electron chi connectivity index (χ2n) is 6.65. The standard InChI is InChI=1S/C21H23N5O2/c1-28-14-13-25-15-17(16-7-2-3-8-18(16)25)21(27)22-11-6-10-20-24-23-19-9-4-5-12-26(19)20/h2-5,7-9,12,15H,6,10-11,13-14H2,1H3,(H,22,27). The molecule has 0 unspecified atom stereocenters. The molecule has 1 aromatic carbocycles. The SMILES string of the molecule is COCCn1cc(C(=O)NCCCc2nnc3ccccn23)c2ccccc21. The molecule has 0 spiro atoms. The van der Waals surface area contributed by atoms with E-state index in [1.54, 1.807) is 7.11 Å². The molecule has 0 saturated heterocycles. The number of carbonyl (C=O) groups is 1. The van der Waals surface area contributed by atoms with Crippen LogP contribution in [0, 0.1) is 0 Å². The molecule has 7 heteroatoms. The van der Waals surface area contributed by atoms with Crippen LogP contribution in [-0.2, 0) is 17.7 Å². The lowest BCUT2D eigenvalue weighted by atomic mass is 10.1. The first-order valence-corrected chi connectivity index (χ1v) is 9.41. The number of para-hydroxylation sites is 1. The number of aromatic nitrogens is 4. The number of pyridine rings is 1. The fourth-order valence-electron chi connectivity index (χ4n) is 3.41. The Bertz CT molecular complexity index is 1100. The van der Waals surface area contributed by atoms with Gasteiger partial charge in [-0.1, -0.05) is 24.3 Å². The van der Waals surface area contributed by atoms with Crippen molar-refractivity contribution in [3.63, 3.8) is 0 Å². The van der Waals surface area contributed by atoms with Crippen LogP contribution in [0.4, 0.5) is 0 Å². The minimum Gasteiger partial charge on any atom is -0.383 e. The van der Waals surface area contributed by atoms with E-state index >= 15 is 0 Å². The Morgan fingerprint density at radius 3 is 2.89 bits per heavy atom. The van der Waals surface area contributed by atoms with E-state index in [-0.39, 0.29) is 5.91 Å². The first kappa shape index (κ1) is 18.2. The Morgan fingerprint density at radius 1 is 1.14 bits per heavy atom. The zero-order chi connectivity index (χ0) is 19.3. The highest BCUT2D eigenvalue weighted by molar-refractivity contribution is 6.07. The van der Waals surface area contributed by atoms with Gasteiger partial charge >= 0.3 is 0 Å². The van der Waals surface area contributed by atoms with Crippen LogP contribution in [0.2, 0.25) is 0 Å². The number of ether oxygens (including phenoxy) is 1. The van der Waals surface area contributed by atoms with Crippen LogP contribution < -0.4 is 5.32 Å². The fourth-order valence-corrected chi connectivity index (χ4v) is 3.41. The van der Waals surface area contributed by atoms with Crippen molar-refractivity contribution in [1.82, 2.24) is 24.5 Å². The highest BCUT2D eigenvalue weighted by atomic mass is 16.5. The second-order valence-corrected chi connectivity index (χ2v) is 6.65. The van der Waals surface area contributed by atoms with Gasteiger partial charge < -0.3 is 14.6 Å². The first-order valence-electron chi connectivity index (χ1n) is 9.41. The van der Waals surface area contributed by atoms with Crippen molar-refractivity contribution < 1.29 is 9.53 Å². The molecular formula is C21H23N5O2. The lowest BCUT2D eigenvalue weighted by molar-refractivity contribution is 0.0954. The molecule has 1 N–H and O–H groups in total. The average molecular weight is 377 g/mol. The molecule has 0 fully saturated rings. The number of nitrogens with one attached hydrogen (secondary N) is 1. The molecule has 4 rings (SSSR count). The third kappa shape index (κ3) is 3.61. The normalized spacial score (nSPS) is 11.3. The monoisotopic (exact) mass is 377 g/mol. The largest absolute Gasteiger partial charge is 0.383 e. The van der Waals surface area contributed by atoms with Crippen LogP contribution in [0.25, 0.3) is 16.6 Å². The van der Waals surface area contributed by atoms with Crippen molar-refractivity contribution >= 4 is 22.5 Å². The van der Waals surface area contributed by atoms with E-state index in [1.165, 1.54) is 0 Å². The predicted molar refractivity (Wildman–Crippen MR) is 107 cm³/mol. The lowest BCUT2D eigenvalue weighted by Crippen LogP contribution is -2.24. The van der Waals surface area contributed by atoms with Gasteiger partial charge in [0.15, 0.2) is 5.65 Å². The summed E-state index contributed by atoms with van der Waals surface area (Å²) < 4.78 is 9.22. The first-order chi connectivity index (χ1) is 13.8. The molecular weight excluding hydrogens is 354 g/mol. The zero-order valence-electron chi connectivity index (χ0n) is 15.8. The number of aryl methyl sites for hydroxylation is 1. The second kappa shape index (κ2) is 8.22. The molecule has 4 aromatic rings.